The molecule has 1 atom stereocenters. The van der Waals surface area contributed by atoms with Crippen molar-refractivity contribution >= 4 is 12.4 Å². The Balaban J connectivity index is 0.00000338. The zero-order chi connectivity index (χ0) is 18.1. The molecule has 0 aromatic heterocycles. The smallest absolute Gasteiger partial charge is 0.164 e. The van der Waals surface area contributed by atoms with Gasteiger partial charge in [-0.2, -0.15) is 0 Å². The molecule has 5 heteroatoms. The molecule has 0 unspecified atom stereocenters. The van der Waals surface area contributed by atoms with Crippen molar-refractivity contribution < 1.29 is 14.2 Å². The van der Waals surface area contributed by atoms with E-state index >= 15 is 0 Å². The fraction of sp³-hybridized carbons (Fsp3) is 0.429. The van der Waals surface area contributed by atoms with E-state index in [4.69, 9.17) is 19.9 Å². The molecule has 0 saturated heterocycles. The lowest BCUT2D eigenvalue weighted by molar-refractivity contribution is 0.294. The lowest BCUT2D eigenvalue weighted by Gasteiger charge is -2.20. The van der Waals surface area contributed by atoms with Gasteiger partial charge in [0.15, 0.2) is 11.5 Å². The first-order valence-corrected chi connectivity index (χ1v) is 8.87. The molecular formula is C21H30ClNO3. The van der Waals surface area contributed by atoms with Gasteiger partial charge in [-0.25, -0.2) is 0 Å². The van der Waals surface area contributed by atoms with Gasteiger partial charge in [0.05, 0.1) is 14.2 Å². The molecule has 0 heterocycles. The van der Waals surface area contributed by atoms with Crippen molar-refractivity contribution in [2.24, 2.45) is 5.73 Å². The van der Waals surface area contributed by atoms with Gasteiger partial charge in [-0.1, -0.05) is 56.5 Å². The molecule has 0 aliphatic rings. The highest BCUT2D eigenvalue weighted by atomic mass is 35.5. The fourth-order valence-corrected chi connectivity index (χ4v) is 2.80. The molecule has 2 aromatic rings. The standard InChI is InChI=1S/C21H29NO3.ClH/c1-4-5-7-12-18(22)17-13-20(23-2)21(24-3)14-19(17)25-15-16-10-8-6-9-11-16;/h6,8-11,13-14,18H,4-5,7,12,15,22H2,1-3H3;1H/t18-;/m0./s1. The Morgan fingerprint density at radius 1 is 0.923 bits per heavy atom. The van der Waals surface area contributed by atoms with Crippen LogP contribution in [0.5, 0.6) is 17.2 Å². The highest BCUT2D eigenvalue weighted by Gasteiger charge is 2.17. The van der Waals surface area contributed by atoms with Gasteiger partial charge in [0.1, 0.15) is 12.4 Å². The number of unbranched alkanes of at least 4 members (excludes halogenated alkanes) is 2. The van der Waals surface area contributed by atoms with Crippen molar-refractivity contribution in [3.05, 3.63) is 53.6 Å². The van der Waals surface area contributed by atoms with Crippen LogP contribution in [0.15, 0.2) is 42.5 Å². The normalized spacial score (nSPS) is 11.4. The Morgan fingerprint density at radius 3 is 2.19 bits per heavy atom. The van der Waals surface area contributed by atoms with Crippen LogP contribution in [-0.4, -0.2) is 14.2 Å². The number of halogens is 1. The summed E-state index contributed by atoms with van der Waals surface area (Å²) >= 11 is 0. The van der Waals surface area contributed by atoms with Crippen LogP contribution in [0.3, 0.4) is 0 Å². The van der Waals surface area contributed by atoms with Crippen LogP contribution in [0.2, 0.25) is 0 Å². The van der Waals surface area contributed by atoms with Gasteiger partial charge in [0, 0.05) is 17.7 Å². The molecule has 0 fully saturated rings. The van der Waals surface area contributed by atoms with E-state index < -0.39 is 0 Å². The minimum Gasteiger partial charge on any atom is -0.493 e. The van der Waals surface area contributed by atoms with E-state index in [0.29, 0.717) is 18.1 Å². The predicted octanol–water partition coefficient (Wildman–Crippen LogP) is 5.28. The van der Waals surface area contributed by atoms with Crippen LogP contribution in [0, 0.1) is 0 Å². The first-order chi connectivity index (χ1) is 12.2. The second-order valence-electron chi connectivity index (χ2n) is 6.12. The highest BCUT2D eigenvalue weighted by Crippen LogP contribution is 2.38. The molecule has 2 rings (SSSR count). The van der Waals surface area contributed by atoms with Gasteiger partial charge < -0.3 is 19.9 Å². The van der Waals surface area contributed by atoms with E-state index in [-0.39, 0.29) is 18.4 Å². The number of ether oxygens (including phenoxy) is 3. The van der Waals surface area contributed by atoms with Crippen molar-refractivity contribution in [1.29, 1.82) is 0 Å². The van der Waals surface area contributed by atoms with Crippen LogP contribution in [0.25, 0.3) is 0 Å². The maximum Gasteiger partial charge on any atom is 0.164 e. The molecule has 0 aliphatic heterocycles. The van der Waals surface area contributed by atoms with Gasteiger partial charge in [-0.15, -0.1) is 12.4 Å². The molecule has 2 aromatic carbocycles. The van der Waals surface area contributed by atoms with Crippen molar-refractivity contribution in [3.8, 4) is 17.2 Å². The summed E-state index contributed by atoms with van der Waals surface area (Å²) in [5.41, 5.74) is 8.52. The highest BCUT2D eigenvalue weighted by molar-refractivity contribution is 5.85. The molecule has 26 heavy (non-hydrogen) atoms. The molecule has 0 aliphatic carbocycles. The largest absolute Gasteiger partial charge is 0.493 e. The first-order valence-electron chi connectivity index (χ1n) is 8.87. The quantitative estimate of drug-likeness (QED) is 0.570. The van der Waals surface area contributed by atoms with Crippen LogP contribution in [-0.2, 0) is 6.61 Å². The third-order valence-corrected chi connectivity index (χ3v) is 4.27. The topological polar surface area (TPSA) is 53.7 Å². The SMILES string of the molecule is CCCCC[C@H](N)c1cc(OC)c(OC)cc1OCc1ccccc1.Cl. The van der Waals surface area contributed by atoms with E-state index in [0.717, 1.165) is 29.7 Å². The van der Waals surface area contributed by atoms with Gasteiger partial charge in [-0.05, 0) is 18.1 Å². The molecule has 0 amide bonds. The van der Waals surface area contributed by atoms with E-state index in [1.165, 1.54) is 12.8 Å². The summed E-state index contributed by atoms with van der Waals surface area (Å²) in [4.78, 5) is 0. The Hall–Kier alpha value is -1.91. The second-order valence-corrected chi connectivity index (χ2v) is 6.12. The average molecular weight is 380 g/mol. The van der Waals surface area contributed by atoms with Crippen molar-refractivity contribution in [3.63, 3.8) is 0 Å². The van der Waals surface area contributed by atoms with Crippen molar-refractivity contribution in [1.82, 2.24) is 0 Å². The van der Waals surface area contributed by atoms with E-state index in [1.807, 2.05) is 42.5 Å². The summed E-state index contributed by atoms with van der Waals surface area (Å²) in [6.45, 7) is 2.68. The van der Waals surface area contributed by atoms with Crippen LogP contribution in [0.4, 0.5) is 0 Å². The van der Waals surface area contributed by atoms with Gasteiger partial charge in [0.25, 0.3) is 0 Å². The zero-order valence-corrected chi connectivity index (χ0v) is 16.7. The summed E-state index contributed by atoms with van der Waals surface area (Å²) in [5.74, 6) is 2.08. The molecule has 0 spiro atoms. The molecule has 0 saturated carbocycles. The summed E-state index contributed by atoms with van der Waals surface area (Å²) < 4.78 is 16.9. The van der Waals surface area contributed by atoms with Crippen LogP contribution in [0.1, 0.15) is 49.8 Å². The summed E-state index contributed by atoms with van der Waals surface area (Å²) in [5, 5.41) is 0. The van der Waals surface area contributed by atoms with Crippen molar-refractivity contribution in [2.45, 2.75) is 45.3 Å². The maximum absolute atomic E-state index is 6.44. The third kappa shape index (κ3) is 6.11. The number of hydrogen-bond donors (Lipinski definition) is 1. The third-order valence-electron chi connectivity index (χ3n) is 4.27. The zero-order valence-electron chi connectivity index (χ0n) is 15.9. The predicted molar refractivity (Wildman–Crippen MR) is 109 cm³/mol. The number of nitrogens with two attached hydrogens (primary N) is 1. The molecule has 0 radical (unpaired) electrons. The van der Waals surface area contributed by atoms with Gasteiger partial charge in [0.2, 0.25) is 0 Å². The Bertz CT molecular complexity index is 649. The Labute approximate surface area is 163 Å². The van der Waals surface area contributed by atoms with Gasteiger partial charge >= 0.3 is 0 Å². The minimum atomic E-state index is -0.0860. The maximum atomic E-state index is 6.44. The number of hydrogen-bond acceptors (Lipinski definition) is 4. The number of rotatable bonds is 10. The Morgan fingerprint density at radius 2 is 1.58 bits per heavy atom. The Kier molecular flexibility index (Phi) is 9.92. The lowest BCUT2D eigenvalue weighted by Crippen LogP contribution is -2.13. The van der Waals surface area contributed by atoms with Gasteiger partial charge in [-0.3, -0.25) is 0 Å². The fourth-order valence-electron chi connectivity index (χ4n) is 2.80. The monoisotopic (exact) mass is 379 g/mol. The minimum absolute atomic E-state index is 0. The lowest BCUT2D eigenvalue weighted by atomic mass is 9.99. The first kappa shape index (κ1) is 22.1. The summed E-state index contributed by atoms with van der Waals surface area (Å²) in [6, 6.07) is 13.8. The summed E-state index contributed by atoms with van der Waals surface area (Å²) in [7, 11) is 3.26. The molecule has 144 valence electrons. The average Bonchev–Trinajstić information content (AvgIpc) is 2.66. The summed E-state index contributed by atoms with van der Waals surface area (Å²) in [6.07, 6.45) is 4.38. The molecule has 0 bridgehead atoms. The molecular weight excluding hydrogens is 350 g/mol. The molecule has 2 N–H and O–H groups in total. The van der Waals surface area contributed by atoms with Crippen LogP contribution < -0.4 is 19.9 Å². The number of benzene rings is 2. The number of methoxy groups -OCH3 is 2. The van der Waals surface area contributed by atoms with E-state index in [2.05, 4.69) is 6.92 Å². The van der Waals surface area contributed by atoms with Crippen LogP contribution >= 0.6 is 12.4 Å². The van der Waals surface area contributed by atoms with Crippen molar-refractivity contribution in [2.75, 3.05) is 14.2 Å². The van der Waals surface area contributed by atoms with E-state index in [1.54, 1.807) is 14.2 Å². The molecule has 4 nitrogen and oxygen atoms in total. The second kappa shape index (κ2) is 11.7. The van der Waals surface area contributed by atoms with E-state index in [9.17, 15) is 0 Å².